The van der Waals surface area contributed by atoms with Gasteiger partial charge in [0.2, 0.25) is 0 Å². The van der Waals surface area contributed by atoms with Crippen molar-refractivity contribution in [3.05, 3.63) is 32.9 Å². The summed E-state index contributed by atoms with van der Waals surface area (Å²) in [7, 11) is 0. The molecule has 5 nitrogen and oxygen atoms in total. The standard InChI is InChI=1S/C11H11ClIN5S/c1-19-11-16-9(5-10(17-11)18-14)15-8-4-6(13)2-3-7(8)12/h2-5H,14H2,1H3,(H2,15,16,17,18). The third-order valence-corrected chi connectivity index (χ3v) is 3.78. The molecule has 0 aliphatic carbocycles. The Morgan fingerprint density at radius 1 is 1.26 bits per heavy atom. The molecule has 0 spiro atoms. The van der Waals surface area contributed by atoms with Crippen molar-refractivity contribution in [2.45, 2.75) is 5.16 Å². The summed E-state index contributed by atoms with van der Waals surface area (Å²) in [6.45, 7) is 0. The Morgan fingerprint density at radius 3 is 2.68 bits per heavy atom. The smallest absolute Gasteiger partial charge is 0.191 e. The predicted octanol–water partition coefficient (Wildman–Crippen LogP) is 3.49. The SMILES string of the molecule is CSc1nc(NN)cc(Nc2cc(I)ccc2Cl)n1. The van der Waals surface area contributed by atoms with Gasteiger partial charge in [0, 0.05) is 9.64 Å². The molecule has 0 aliphatic rings. The number of thioether (sulfide) groups is 1. The monoisotopic (exact) mass is 407 g/mol. The lowest BCUT2D eigenvalue weighted by atomic mass is 10.3. The maximum absolute atomic E-state index is 6.14. The number of nitrogen functional groups attached to an aromatic ring is 1. The largest absolute Gasteiger partial charge is 0.339 e. The maximum atomic E-state index is 6.14. The molecule has 19 heavy (non-hydrogen) atoms. The minimum absolute atomic E-state index is 0.545. The van der Waals surface area contributed by atoms with E-state index in [4.69, 9.17) is 17.4 Å². The molecule has 0 saturated carbocycles. The molecule has 0 amide bonds. The van der Waals surface area contributed by atoms with E-state index in [0.29, 0.717) is 21.8 Å². The molecular weight excluding hydrogens is 397 g/mol. The van der Waals surface area contributed by atoms with Crippen LogP contribution in [0.1, 0.15) is 0 Å². The van der Waals surface area contributed by atoms with E-state index < -0.39 is 0 Å². The number of benzene rings is 1. The van der Waals surface area contributed by atoms with Gasteiger partial charge in [0.25, 0.3) is 0 Å². The fraction of sp³-hybridized carbons (Fsp3) is 0.0909. The third-order valence-electron chi connectivity index (χ3n) is 2.23. The first-order chi connectivity index (χ1) is 9.12. The summed E-state index contributed by atoms with van der Waals surface area (Å²) in [5, 5.41) is 4.42. The number of aromatic nitrogens is 2. The van der Waals surface area contributed by atoms with E-state index in [-0.39, 0.29) is 0 Å². The third kappa shape index (κ3) is 3.85. The zero-order valence-corrected chi connectivity index (χ0v) is 13.7. The lowest BCUT2D eigenvalue weighted by Gasteiger charge is -2.10. The highest BCUT2D eigenvalue weighted by Gasteiger charge is 2.06. The van der Waals surface area contributed by atoms with Crippen molar-refractivity contribution in [1.82, 2.24) is 9.97 Å². The van der Waals surface area contributed by atoms with Gasteiger partial charge >= 0.3 is 0 Å². The highest BCUT2D eigenvalue weighted by molar-refractivity contribution is 14.1. The average Bonchev–Trinajstić information content (AvgIpc) is 2.42. The first kappa shape index (κ1) is 14.6. The van der Waals surface area contributed by atoms with Crippen LogP contribution in [0.2, 0.25) is 5.02 Å². The summed E-state index contributed by atoms with van der Waals surface area (Å²) in [5.74, 6) is 6.57. The molecule has 0 radical (unpaired) electrons. The van der Waals surface area contributed by atoms with E-state index in [1.165, 1.54) is 11.8 Å². The molecule has 0 unspecified atom stereocenters. The van der Waals surface area contributed by atoms with Crippen molar-refractivity contribution < 1.29 is 0 Å². The second-order valence-corrected chi connectivity index (χ2v) is 5.94. The fourth-order valence-corrected chi connectivity index (χ4v) is 2.42. The van der Waals surface area contributed by atoms with Crippen LogP contribution in [0.15, 0.2) is 29.4 Å². The Kier molecular flexibility index (Phi) is 5.08. The van der Waals surface area contributed by atoms with Crippen LogP contribution in [-0.2, 0) is 0 Å². The molecule has 1 heterocycles. The molecular formula is C11H11ClIN5S. The zero-order chi connectivity index (χ0) is 13.8. The summed E-state index contributed by atoms with van der Waals surface area (Å²) < 4.78 is 1.08. The van der Waals surface area contributed by atoms with E-state index in [1.807, 2.05) is 24.5 Å². The van der Waals surface area contributed by atoms with E-state index in [0.717, 1.165) is 9.26 Å². The van der Waals surface area contributed by atoms with Gasteiger partial charge in [-0.05, 0) is 47.0 Å². The Balaban J connectivity index is 2.34. The Bertz CT molecular complexity index is 573. The lowest BCUT2D eigenvalue weighted by Crippen LogP contribution is -2.10. The molecule has 0 atom stereocenters. The van der Waals surface area contributed by atoms with Gasteiger partial charge in [-0.3, -0.25) is 0 Å². The molecule has 2 aromatic rings. The number of nitrogens with zero attached hydrogens (tertiary/aromatic N) is 2. The first-order valence-corrected chi connectivity index (χ1v) is 7.92. The van der Waals surface area contributed by atoms with E-state index in [1.54, 1.807) is 6.07 Å². The molecule has 1 aromatic heterocycles. The number of halogens is 2. The molecule has 4 N–H and O–H groups in total. The first-order valence-electron chi connectivity index (χ1n) is 5.24. The van der Waals surface area contributed by atoms with Crippen molar-refractivity contribution in [2.75, 3.05) is 17.0 Å². The van der Waals surface area contributed by atoms with Crippen molar-refractivity contribution in [1.29, 1.82) is 0 Å². The molecule has 0 fully saturated rings. The zero-order valence-electron chi connectivity index (χ0n) is 9.95. The number of nitrogens with two attached hydrogens (primary N) is 1. The quantitative estimate of drug-likeness (QED) is 0.237. The van der Waals surface area contributed by atoms with Crippen LogP contribution in [0.3, 0.4) is 0 Å². The predicted molar refractivity (Wildman–Crippen MR) is 89.1 cm³/mol. The fourth-order valence-electron chi connectivity index (χ4n) is 1.39. The number of hydrogen-bond acceptors (Lipinski definition) is 6. The van der Waals surface area contributed by atoms with Crippen molar-refractivity contribution >= 4 is 63.3 Å². The van der Waals surface area contributed by atoms with E-state index in [9.17, 15) is 0 Å². The number of hydrogen-bond donors (Lipinski definition) is 3. The maximum Gasteiger partial charge on any atom is 0.191 e. The minimum Gasteiger partial charge on any atom is -0.339 e. The summed E-state index contributed by atoms with van der Waals surface area (Å²) in [6.07, 6.45) is 1.90. The van der Waals surface area contributed by atoms with Gasteiger partial charge in [0.05, 0.1) is 10.7 Å². The van der Waals surface area contributed by atoms with Crippen molar-refractivity contribution in [2.24, 2.45) is 5.84 Å². The van der Waals surface area contributed by atoms with Crippen LogP contribution in [0.5, 0.6) is 0 Å². The van der Waals surface area contributed by atoms with Gasteiger partial charge in [-0.25, -0.2) is 15.8 Å². The normalized spacial score (nSPS) is 10.3. The number of rotatable bonds is 4. The van der Waals surface area contributed by atoms with Crippen LogP contribution in [0, 0.1) is 3.57 Å². The number of nitrogens with one attached hydrogen (secondary N) is 2. The summed E-state index contributed by atoms with van der Waals surface area (Å²) in [5.41, 5.74) is 3.31. The number of hydrazine groups is 1. The van der Waals surface area contributed by atoms with Crippen LogP contribution < -0.4 is 16.6 Å². The average molecular weight is 408 g/mol. The lowest BCUT2D eigenvalue weighted by molar-refractivity contribution is 0.971. The Labute approximate surface area is 133 Å². The van der Waals surface area contributed by atoms with Gasteiger partial charge < -0.3 is 10.7 Å². The second-order valence-electron chi connectivity index (χ2n) is 3.52. The van der Waals surface area contributed by atoms with Crippen LogP contribution in [0.25, 0.3) is 0 Å². The Hall–Kier alpha value is -0.770. The van der Waals surface area contributed by atoms with Gasteiger partial charge in [0.15, 0.2) is 5.16 Å². The molecule has 0 saturated heterocycles. The molecule has 0 aliphatic heterocycles. The van der Waals surface area contributed by atoms with Gasteiger partial charge in [-0.2, -0.15) is 0 Å². The van der Waals surface area contributed by atoms with Crippen molar-refractivity contribution in [3.63, 3.8) is 0 Å². The van der Waals surface area contributed by atoms with Crippen LogP contribution in [0.4, 0.5) is 17.3 Å². The van der Waals surface area contributed by atoms with Crippen LogP contribution >= 0.6 is 46.0 Å². The Morgan fingerprint density at radius 2 is 2.00 bits per heavy atom. The molecule has 1 aromatic carbocycles. The van der Waals surface area contributed by atoms with Crippen molar-refractivity contribution in [3.8, 4) is 0 Å². The van der Waals surface area contributed by atoms with Gasteiger partial charge in [0.1, 0.15) is 11.6 Å². The van der Waals surface area contributed by atoms with Crippen LogP contribution in [-0.4, -0.2) is 16.2 Å². The topological polar surface area (TPSA) is 75.9 Å². The molecule has 0 bridgehead atoms. The summed E-state index contributed by atoms with van der Waals surface area (Å²) in [4.78, 5) is 8.54. The highest BCUT2D eigenvalue weighted by atomic mass is 127. The second kappa shape index (κ2) is 6.60. The summed E-state index contributed by atoms with van der Waals surface area (Å²) in [6, 6.07) is 7.44. The van der Waals surface area contributed by atoms with Gasteiger partial charge in [-0.1, -0.05) is 23.4 Å². The number of anilines is 3. The minimum atomic E-state index is 0.545. The summed E-state index contributed by atoms with van der Waals surface area (Å²) >= 11 is 9.80. The highest BCUT2D eigenvalue weighted by Crippen LogP contribution is 2.27. The molecule has 100 valence electrons. The van der Waals surface area contributed by atoms with E-state index >= 15 is 0 Å². The molecule has 2 rings (SSSR count). The molecule has 8 heteroatoms. The van der Waals surface area contributed by atoms with E-state index in [2.05, 4.69) is 43.3 Å². The van der Waals surface area contributed by atoms with Gasteiger partial charge in [-0.15, -0.1) is 0 Å².